The molecule has 6 nitrogen and oxygen atoms in total. The molecule has 22 heavy (non-hydrogen) atoms. The minimum Gasteiger partial charge on any atom is -0.494 e. The summed E-state index contributed by atoms with van der Waals surface area (Å²) in [5.74, 6) is 3.90. The third kappa shape index (κ3) is 4.35. The summed E-state index contributed by atoms with van der Waals surface area (Å²) < 4.78 is 10.5. The summed E-state index contributed by atoms with van der Waals surface area (Å²) in [6.45, 7) is 2.77. The maximum atomic E-state index is 11.4. The van der Waals surface area contributed by atoms with Crippen molar-refractivity contribution in [1.29, 1.82) is 0 Å². The molecule has 1 heterocycles. The van der Waals surface area contributed by atoms with Gasteiger partial charge in [-0.15, -0.1) is 6.42 Å². The van der Waals surface area contributed by atoms with Crippen molar-refractivity contribution in [2.45, 2.75) is 19.8 Å². The molecule has 0 unspecified atom stereocenters. The maximum absolute atomic E-state index is 11.4. The van der Waals surface area contributed by atoms with Gasteiger partial charge in [-0.1, -0.05) is 11.1 Å². The predicted octanol–water partition coefficient (Wildman–Crippen LogP) is 1.82. The zero-order chi connectivity index (χ0) is 15.8. The standard InChI is InChI=1S/C16H17N3O3/c1-3-11-17-14(20)9-10-15-18-16(19-22-15)12-5-7-13(8-6-12)21-4-2/h1,5-8H,4,9-11H2,2H3,(H,17,20). The number of nitrogens with zero attached hydrogens (tertiary/aromatic N) is 2. The van der Waals surface area contributed by atoms with Crippen LogP contribution in [-0.4, -0.2) is 29.2 Å². The minimum atomic E-state index is -0.140. The van der Waals surface area contributed by atoms with E-state index in [4.69, 9.17) is 15.7 Å². The number of carbonyl (C=O) groups excluding carboxylic acids is 1. The predicted molar refractivity (Wildman–Crippen MR) is 81.1 cm³/mol. The van der Waals surface area contributed by atoms with E-state index in [1.54, 1.807) is 0 Å². The first kappa shape index (κ1) is 15.6. The van der Waals surface area contributed by atoms with Crippen LogP contribution in [0.25, 0.3) is 11.4 Å². The minimum absolute atomic E-state index is 0.140. The number of nitrogens with one attached hydrogen (secondary N) is 1. The average molecular weight is 299 g/mol. The van der Waals surface area contributed by atoms with Crippen molar-refractivity contribution in [3.05, 3.63) is 30.2 Å². The molecule has 0 saturated heterocycles. The maximum Gasteiger partial charge on any atom is 0.227 e. The highest BCUT2D eigenvalue weighted by atomic mass is 16.5. The molecular weight excluding hydrogens is 282 g/mol. The highest BCUT2D eigenvalue weighted by Gasteiger charge is 2.10. The van der Waals surface area contributed by atoms with E-state index < -0.39 is 0 Å². The fourth-order valence-corrected chi connectivity index (χ4v) is 1.80. The highest BCUT2D eigenvalue weighted by molar-refractivity contribution is 5.76. The lowest BCUT2D eigenvalue weighted by Crippen LogP contribution is -2.23. The Bertz CT molecular complexity index is 656. The van der Waals surface area contributed by atoms with Gasteiger partial charge in [0.25, 0.3) is 0 Å². The Kier molecular flexibility index (Phi) is 5.55. The number of hydrogen-bond donors (Lipinski definition) is 1. The fourth-order valence-electron chi connectivity index (χ4n) is 1.80. The van der Waals surface area contributed by atoms with Crippen molar-refractivity contribution < 1.29 is 14.1 Å². The molecule has 2 aromatic rings. The van der Waals surface area contributed by atoms with E-state index in [2.05, 4.69) is 21.4 Å². The Morgan fingerprint density at radius 2 is 2.18 bits per heavy atom. The van der Waals surface area contributed by atoms with E-state index >= 15 is 0 Å². The number of carbonyl (C=O) groups is 1. The van der Waals surface area contributed by atoms with Gasteiger partial charge >= 0.3 is 0 Å². The second kappa shape index (κ2) is 7.84. The van der Waals surface area contributed by atoms with Crippen LogP contribution in [0.4, 0.5) is 0 Å². The molecule has 1 aromatic carbocycles. The fraction of sp³-hybridized carbons (Fsp3) is 0.312. The number of aromatic nitrogens is 2. The number of amides is 1. The first-order valence-electron chi connectivity index (χ1n) is 6.99. The van der Waals surface area contributed by atoms with E-state index in [0.29, 0.717) is 24.7 Å². The Balaban J connectivity index is 1.93. The first-order chi connectivity index (χ1) is 10.7. The van der Waals surface area contributed by atoms with Gasteiger partial charge in [-0.2, -0.15) is 4.98 Å². The molecular formula is C16H17N3O3. The van der Waals surface area contributed by atoms with Gasteiger partial charge in [-0.05, 0) is 31.2 Å². The van der Waals surface area contributed by atoms with Crippen molar-refractivity contribution in [1.82, 2.24) is 15.5 Å². The van der Waals surface area contributed by atoms with Gasteiger partial charge in [0.2, 0.25) is 17.6 Å². The summed E-state index contributed by atoms with van der Waals surface area (Å²) in [7, 11) is 0. The summed E-state index contributed by atoms with van der Waals surface area (Å²) in [4.78, 5) is 15.7. The summed E-state index contributed by atoms with van der Waals surface area (Å²) >= 11 is 0. The molecule has 0 fully saturated rings. The number of rotatable bonds is 7. The van der Waals surface area contributed by atoms with Crippen LogP contribution in [0.1, 0.15) is 19.2 Å². The Morgan fingerprint density at radius 3 is 2.86 bits per heavy atom. The lowest BCUT2D eigenvalue weighted by atomic mass is 10.2. The van der Waals surface area contributed by atoms with Crippen LogP contribution >= 0.6 is 0 Å². The van der Waals surface area contributed by atoms with Crippen LogP contribution in [0.15, 0.2) is 28.8 Å². The van der Waals surface area contributed by atoms with Gasteiger partial charge in [0.1, 0.15) is 5.75 Å². The molecule has 0 aliphatic carbocycles. The van der Waals surface area contributed by atoms with Crippen molar-refractivity contribution in [2.24, 2.45) is 0 Å². The Hall–Kier alpha value is -2.81. The molecule has 0 radical (unpaired) electrons. The van der Waals surface area contributed by atoms with Gasteiger partial charge < -0.3 is 14.6 Å². The second-order valence-electron chi connectivity index (χ2n) is 4.45. The zero-order valence-electron chi connectivity index (χ0n) is 12.3. The van der Waals surface area contributed by atoms with Gasteiger partial charge in [-0.3, -0.25) is 4.79 Å². The van der Waals surface area contributed by atoms with E-state index in [1.165, 1.54) is 0 Å². The third-order valence-electron chi connectivity index (χ3n) is 2.85. The lowest BCUT2D eigenvalue weighted by Gasteiger charge is -2.02. The van der Waals surface area contributed by atoms with Gasteiger partial charge in [-0.25, -0.2) is 0 Å². The lowest BCUT2D eigenvalue weighted by molar-refractivity contribution is -0.120. The summed E-state index contributed by atoms with van der Waals surface area (Å²) in [5, 5.41) is 6.49. The second-order valence-corrected chi connectivity index (χ2v) is 4.45. The molecule has 6 heteroatoms. The molecule has 1 N–H and O–H groups in total. The molecule has 0 saturated carbocycles. The van der Waals surface area contributed by atoms with Crippen LogP contribution < -0.4 is 10.1 Å². The topological polar surface area (TPSA) is 77.2 Å². The monoisotopic (exact) mass is 299 g/mol. The molecule has 1 aromatic heterocycles. The molecule has 0 aliphatic heterocycles. The van der Waals surface area contributed by atoms with Crippen molar-refractivity contribution in [3.63, 3.8) is 0 Å². The van der Waals surface area contributed by atoms with Gasteiger partial charge in [0.15, 0.2) is 0 Å². The highest BCUT2D eigenvalue weighted by Crippen LogP contribution is 2.20. The molecule has 0 spiro atoms. The van der Waals surface area contributed by atoms with Gasteiger partial charge in [0.05, 0.1) is 13.2 Å². The Labute approximate surface area is 128 Å². The number of hydrogen-bond acceptors (Lipinski definition) is 5. The number of aryl methyl sites for hydroxylation is 1. The summed E-state index contributed by atoms with van der Waals surface area (Å²) in [6, 6.07) is 7.42. The van der Waals surface area contributed by atoms with E-state index in [-0.39, 0.29) is 18.9 Å². The van der Waals surface area contributed by atoms with Gasteiger partial charge in [0, 0.05) is 18.4 Å². The van der Waals surface area contributed by atoms with Crippen molar-refractivity contribution >= 4 is 5.91 Å². The van der Waals surface area contributed by atoms with E-state index in [0.717, 1.165) is 11.3 Å². The number of terminal acetylenes is 1. The quantitative estimate of drug-likeness (QED) is 0.789. The molecule has 2 rings (SSSR count). The first-order valence-corrected chi connectivity index (χ1v) is 6.99. The largest absolute Gasteiger partial charge is 0.494 e. The molecule has 0 atom stereocenters. The van der Waals surface area contributed by atoms with Crippen LogP contribution in [0.3, 0.4) is 0 Å². The van der Waals surface area contributed by atoms with Crippen LogP contribution in [-0.2, 0) is 11.2 Å². The Morgan fingerprint density at radius 1 is 1.41 bits per heavy atom. The number of ether oxygens (including phenoxy) is 1. The third-order valence-corrected chi connectivity index (χ3v) is 2.85. The SMILES string of the molecule is C#CCNC(=O)CCc1nc(-c2ccc(OCC)cc2)no1. The summed E-state index contributed by atoms with van der Waals surface area (Å²) in [5.41, 5.74) is 0.829. The van der Waals surface area contributed by atoms with Crippen LogP contribution in [0.2, 0.25) is 0 Å². The van der Waals surface area contributed by atoms with E-state index in [9.17, 15) is 4.79 Å². The number of benzene rings is 1. The zero-order valence-corrected chi connectivity index (χ0v) is 12.3. The molecule has 0 aliphatic rings. The molecule has 114 valence electrons. The smallest absolute Gasteiger partial charge is 0.227 e. The van der Waals surface area contributed by atoms with Crippen molar-refractivity contribution in [2.75, 3.05) is 13.2 Å². The van der Waals surface area contributed by atoms with Crippen LogP contribution in [0.5, 0.6) is 5.75 Å². The molecule has 1 amide bonds. The molecule has 0 bridgehead atoms. The van der Waals surface area contributed by atoms with Crippen molar-refractivity contribution in [3.8, 4) is 29.5 Å². The van der Waals surface area contributed by atoms with E-state index in [1.807, 2.05) is 31.2 Å². The summed E-state index contributed by atoms with van der Waals surface area (Å²) in [6.07, 6.45) is 5.70. The van der Waals surface area contributed by atoms with Crippen LogP contribution in [0, 0.1) is 12.3 Å². The average Bonchev–Trinajstić information content (AvgIpc) is 3.01. The normalized spacial score (nSPS) is 10.0.